The summed E-state index contributed by atoms with van der Waals surface area (Å²) in [6, 6.07) is 0. The second kappa shape index (κ2) is 13.8. The molecular weight excluding hydrogens is 236 g/mol. The molecule has 0 atom stereocenters. The second-order valence-corrected chi connectivity index (χ2v) is 4.80. The van der Waals surface area contributed by atoms with Crippen LogP contribution in [0.15, 0.2) is 0 Å². The van der Waals surface area contributed by atoms with Crippen LogP contribution in [0.1, 0.15) is 52.4 Å². The molecule has 0 bridgehead atoms. The molecule has 3 nitrogen and oxygen atoms in total. The van der Waals surface area contributed by atoms with Gasteiger partial charge in [-0.05, 0) is 19.4 Å². The average Bonchev–Trinajstić information content (AvgIpc) is 2.24. The summed E-state index contributed by atoms with van der Waals surface area (Å²) in [6.07, 6.45) is 6.89. The van der Waals surface area contributed by atoms with Crippen LogP contribution < -0.4 is 10.6 Å². The van der Waals surface area contributed by atoms with Gasteiger partial charge in [-0.3, -0.25) is 4.79 Å². The van der Waals surface area contributed by atoms with Crippen molar-refractivity contribution in [3.8, 4) is 0 Å². The third-order valence-electron chi connectivity index (χ3n) is 2.63. The summed E-state index contributed by atoms with van der Waals surface area (Å²) in [4.78, 5) is 11.2. The maximum absolute atomic E-state index is 11.2. The molecule has 0 heterocycles. The Morgan fingerprint density at radius 2 is 1.71 bits per heavy atom. The van der Waals surface area contributed by atoms with E-state index < -0.39 is 0 Å². The number of carbonyl (C=O) groups is 1. The van der Waals surface area contributed by atoms with E-state index in [1.54, 1.807) is 0 Å². The van der Waals surface area contributed by atoms with Gasteiger partial charge in [0.05, 0.1) is 0 Å². The van der Waals surface area contributed by atoms with Gasteiger partial charge in [0, 0.05) is 19.5 Å². The predicted molar refractivity (Wildman–Crippen MR) is 76.7 cm³/mol. The fourth-order valence-corrected chi connectivity index (χ4v) is 1.59. The highest BCUT2D eigenvalue weighted by Crippen LogP contribution is 2.08. The number of amides is 1. The standard InChI is InChI=1S/C13H28N2O.ClH/c1-12(2)8-6-4-5-7-10-15-13(16)9-11-14-3;/h12,14H,4-11H2,1-3H3,(H,15,16);1H. The lowest BCUT2D eigenvalue weighted by Gasteiger charge is -2.06. The predicted octanol–water partition coefficient (Wildman–Crippen LogP) is 2.74. The molecule has 0 aliphatic carbocycles. The molecule has 0 aliphatic rings. The minimum Gasteiger partial charge on any atom is -0.356 e. The number of unbranched alkanes of at least 4 members (excludes halogenated alkanes) is 3. The van der Waals surface area contributed by atoms with Gasteiger partial charge in [-0.25, -0.2) is 0 Å². The molecule has 0 spiro atoms. The zero-order valence-corrected chi connectivity index (χ0v) is 12.4. The number of rotatable bonds is 10. The molecule has 0 radical (unpaired) electrons. The van der Waals surface area contributed by atoms with Crippen LogP contribution in [-0.2, 0) is 4.79 Å². The molecule has 4 heteroatoms. The van der Waals surface area contributed by atoms with Crippen LogP contribution >= 0.6 is 12.4 Å². The largest absolute Gasteiger partial charge is 0.356 e. The quantitative estimate of drug-likeness (QED) is 0.596. The Morgan fingerprint density at radius 3 is 2.29 bits per heavy atom. The lowest BCUT2D eigenvalue weighted by Crippen LogP contribution is -2.27. The molecule has 0 aromatic carbocycles. The zero-order valence-electron chi connectivity index (χ0n) is 11.6. The smallest absolute Gasteiger partial charge is 0.221 e. The summed E-state index contributed by atoms with van der Waals surface area (Å²) in [5.74, 6) is 0.984. The first-order chi connectivity index (χ1) is 7.66. The Bertz CT molecular complexity index is 175. The maximum Gasteiger partial charge on any atom is 0.221 e. The summed E-state index contributed by atoms with van der Waals surface area (Å²) in [7, 11) is 1.86. The first-order valence-corrected chi connectivity index (χ1v) is 6.58. The highest BCUT2D eigenvalue weighted by molar-refractivity contribution is 5.85. The van der Waals surface area contributed by atoms with Crippen LogP contribution in [0.3, 0.4) is 0 Å². The first kappa shape index (κ1) is 19.1. The second-order valence-electron chi connectivity index (χ2n) is 4.80. The molecule has 0 saturated heterocycles. The molecule has 0 unspecified atom stereocenters. The van der Waals surface area contributed by atoms with Gasteiger partial charge in [0.25, 0.3) is 0 Å². The number of halogens is 1. The Labute approximate surface area is 113 Å². The van der Waals surface area contributed by atoms with Crippen LogP contribution in [0, 0.1) is 5.92 Å². The van der Waals surface area contributed by atoms with Gasteiger partial charge < -0.3 is 10.6 Å². The van der Waals surface area contributed by atoms with E-state index in [2.05, 4.69) is 24.5 Å². The molecule has 0 aromatic heterocycles. The van der Waals surface area contributed by atoms with Crippen molar-refractivity contribution in [1.29, 1.82) is 0 Å². The van der Waals surface area contributed by atoms with Crippen molar-refractivity contribution in [2.24, 2.45) is 5.92 Å². The van der Waals surface area contributed by atoms with Gasteiger partial charge >= 0.3 is 0 Å². The number of hydrogen-bond acceptors (Lipinski definition) is 2. The topological polar surface area (TPSA) is 41.1 Å². The lowest BCUT2D eigenvalue weighted by molar-refractivity contribution is -0.120. The van der Waals surface area contributed by atoms with E-state index in [-0.39, 0.29) is 18.3 Å². The van der Waals surface area contributed by atoms with Crippen LogP contribution in [0.2, 0.25) is 0 Å². The lowest BCUT2D eigenvalue weighted by atomic mass is 10.0. The average molecular weight is 265 g/mol. The van der Waals surface area contributed by atoms with E-state index >= 15 is 0 Å². The fraction of sp³-hybridized carbons (Fsp3) is 0.923. The summed E-state index contributed by atoms with van der Waals surface area (Å²) in [6.45, 7) is 6.13. The van der Waals surface area contributed by atoms with E-state index in [0.29, 0.717) is 6.42 Å². The van der Waals surface area contributed by atoms with Crippen molar-refractivity contribution in [3.05, 3.63) is 0 Å². The minimum atomic E-state index is 0. The molecule has 0 rings (SSSR count). The molecule has 17 heavy (non-hydrogen) atoms. The van der Waals surface area contributed by atoms with E-state index in [9.17, 15) is 4.79 Å². The van der Waals surface area contributed by atoms with Gasteiger partial charge in [0.2, 0.25) is 5.91 Å². The summed E-state index contributed by atoms with van der Waals surface area (Å²) in [5, 5.41) is 5.90. The van der Waals surface area contributed by atoms with Gasteiger partial charge in [0.15, 0.2) is 0 Å². The van der Waals surface area contributed by atoms with Gasteiger partial charge in [-0.2, -0.15) is 0 Å². The highest BCUT2D eigenvalue weighted by Gasteiger charge is 1.99. The van der Waals surface area contributed by atoms with E-state index in [1.165, 1.54) is 25.7 Å². The summed E-state index contributed by atoms with van der Waals surface area (Å²) >= 11 is 0. The van der Waals surface area contributed by atoms with Crippen molar-refractivity contribution in [1.82, 2.24) is 10.6 Å². The third kappa shape index (κ3) is 15.7. The van der Waals surface area contributed by atoms with E-state index in [1.807, 2.05) is 7.05 Å². The Balaban J connectivity index is 0. The number of nitrogens with one attached hydrogen (secondary N) is 2. The zero-order chi connectivity index (χ0) is 12.2. The fourth-order valence-electron chi connectivity index (χ4n) is 1.59. The highest BCUT2D eigenvalue weighted by atomic mass is 35.5. The molecule has 104 valence electrons. The maximum atomic E-state index is 11.2. The van der Waals surface area contributed by atoms with Crippen LogP contribution in [0.4, 0.5) is 0 Å². The minimum absolute atomic E-state index is 0. The Kier molecular flexibility index (Phi) is 15.5. The third-order valence-corrected chi connectivity index (χ3v) is 2.63. The number of hydrogen-bond donors (Lipinski definition) is 2. The van der Waals surface area contributed by atoms with Gasteiger partial charge in [-0.15, -0.1) is 12.4 Å². The first-order valence-electron chi connectivity index (χ1n) is 6.58. The van der Waals surface area contributed by atoms with Gasteiger partial charge in [0.1, 0.15) is 0 Å². The summed E-state index contributed by atoms with van der Waals surface area (Å²) in [5.41, 5.74) is 0. The molecule has 0 fully saturated rings. The normalized spacial score (nSPS) is 10.1. The Hall–Kier alpha value is -0.280. The van der Waals surface area contributed by atoms with Crippen LogP contribution in [0.25, 0.3) is 0 Å². The van der Waals surface area contributed by atoms with Crippen molar-refractivity contribution in [3.63, 3.8) is 0 Å². The van der Waals surface area contributed by atoms with Crippen LogP contribution in [0.5, 0.6) is 0 Å². The van der Waals surface area contributed by atoms with E-state index in [4.69, 9.17) is 0 Å². The molecule has 0 aliphatic heterocycles. The van der Waals surface area contributed by atoms with Crippen molar-refractivity contribution in [2.45, 2.75) is 52.4 Å². The monoisotopic (exact) mass is 264 g/mol. The number of carbonyl (C=O) groups excluding carboxylic acids is 1. The molecule has 0 aromatic rings. The van der Waals surface area contributed by atoms with E-state index in [0.717, 1.165) is 25.4 Å². The van der Waals surface area contributed by atoms with Crippen LogP contribution in [-0.4, -0.2) is 26.0 Å². The Morgan fingerprint density at radius 1 is 1.06 bits per heavy atom. The summed E-state index contributed by atoms with van der Waals surface area (Å²) < 4.78 is 0. The van der Waals surface area contributed by atoms with Crippen molar-refractivity contribution >= 4 is 18.3 Å². The molecule has 1 amide bonds. The molecule has 0 saturated carbocycles. The van der Waals surface area contributed by atoms with Crippen molar-refractivity contribution in [2.75, 3.05) is 20.1 Å². The molecular formula is C13H29ClN2O. The van der Waals surface area contributed by atoms with Crippen molar-refractivity contribution < 1.29 is 4.79 Å². The SMILES string of the molecule is CNCCC(=O)NCCCCCCC(C)C.Cl. The van der Waals surface area contributed by atoms with Gasteiger partial charge in [-0.1, -0.05) is 39.5 Å². The molecule has 2 N–H and O–H groups in total.